The first-order valence-electron chi connectivity index (χ1n) is 6.21. The Kier molecular flexibility index (Phi) is 6.23. The van der Waals surface area contributed by atoms with Crippen LogP contribution in [0.5, 0.6) is 5.75 Å². The molecule has 0 saturated carbocycles. The van der Waals surface area contributed by atoms with E-state index in [9.17, 15) is 9.59 Å². The smallest absolute Gasteiger partial charge is 0.296 e. The number of carbonyl (C=O) groups excluding carboxylic acids is 2. The molecule has 0 atom stereocenters. The quantitative estimate of drug-likeness (QED) is 0.472. The molecule has 2 aromatic rings. The number of carbonyl (C=O) groups is 2. The van der Waals surface area contributed by atoms with Gasteiger partial charge in [0, 0.05) is 12.4 Å². The van der Waals surface area contributed by atoms with Gasteiger partial charge < -0.3 is 26.5 Å². The number of fused-ring (bicyclic) bond motifs is 1. The first-order chi connectivity index (χ1) is 10.4. The number of hydrogen-bond acceptors (Lipinski definition) is 3. The van der Waals surface area contributed by atoms with Crippen LogP contribution in [0.15, 0.2) is 23.2 Å². The summed E-state index contributed by atoms with van der Waals surface area (Å²) in [6.45, 7) is -0.288. The molecule has 0 aliphatic rings. The molecule has 0 saturated heterocycles. The summed E-state index contributed by atoms with van der Waals surface area (Å²) in [5.41, 5.74) is 11.1. The lowest BCUT2D eigenvalue weighted by Gasteiger charge is -2.05. The first-order valence-corrected chi connectivity index (χ1v) is 6.58. The molecule has 1 aromatic carbocycles. The van der Waals surface area contributed by atoms with Gasteiger partial charge in [0.2, 0.25) is 0 Å². The number of benzene rings is 1. The molecule has 0 bridgehead atoms. The van der Waals surface area contributed by atoms with Crippen LogP contribution in [-0.4, -0.2) is 36.4 Å². The second kappa shape index (κ2) is 7.70. The van der Waals surface area contributed by atoms with Crippen molar-refractivity contribution in [1.29, 1.82) is 0 Å². The molecule has 2 amide bonds. The number of aromatic nitrogens is 1. The van der Waals surface area contributed by atoms with Gasteiger partial charge in [-0.2, -0.15) is 4.99 Å². The number of nitrogens with one attached hydrogen (secondary N) is 2. The number of nitrogens with two attached hydrogens (primary N) is 2. The molecule has 124 valence electrons. The fourth-order valence-corrected chi connectivity index (χ4v) is 1.98. The predicted octanol–water partition coefficient (Wildman–Crippen LogP) is 0.782. The fraction of sp³-hybridized carbons (Fsp3) is 0.154. The third kappa shape index (κ3) is 4.27. The van der Waals surface area contributed by atoms with Gasteiger partial charge in [-0.3, -0.25) is 9.59 Å². The maximum absolute atomic E-state index is 12.0. The monoisotopic (exact) mass is 359 g/mol. The van der Waals surface area contributed by atoms with E-state index in [4.69, 9.17) is 27.8 Å². The van der Waals surface area contributed by atoms with Crippen molar-refractivity contribution in [2.24, 2.45) is 16.5 Å². The van der Waals surface area contributed by atoms with Crippen LogP contribution < -0.4 is 21.5 Å². The van der Waals surface area contributed by atoms with Crippen molar-refractivity contribution >= 4 is 52.7 Å². The van der Waals surface area contributed by atoms with Crippen molar-refractivity contribution in [2.75, 3.05) is 13.7 Å². The van der Waals surface area contributed by atoms with Gasteiger partial charge in [0.15, 0.2) is 12.6 Å². The number of guanidine groups is 1. The number of amides is 2. The van der Waals surface area contributed by atoms with E-state index >= 15 is 0 Å². The second-order valence-electron chi connectivity index (χ2n) is 4.32. The van der Waals surface area contributed by atoms with Crippen LogP contribution in [0, 0.1) is 0 Å². The standard InChI is InChI=1S/C13H14ClN5O3.ClH/c1-17-13(16)19-12(21)8-4-6-7(14)2-3-9(11(6)18-8)22-5-10(15)20;/h2-4,18H,5H2,1H3,(H2,15,20)(H3,16,17,19,21);1H. The fourth-order valence-electron chi connectivity index (χ4n) is 1.77. The zero-order chi connectivity index (χ0) is 16.3. The lowest BCUT2D eigenvalue weighted by molar-refractivity contribution is -0.119. The summed E-state index contributed by atoms with van der Waals surface area (Å²) in [5, 5.41) is 3.52. The average molecular weight is 360 g/mol. The predicted molar refractivity (Wildman–Crippen MR) is 90.3 cm³/mol. The van der Waals surface area contributed by atoms with Crippen LogP contribution in [0.4, 0.5) is 0 Å². The third-order valence-electron chi connectivity index (χ3n) is 2.78. The average Bonchev–Trinajstić information content (AvgIpc) is 2.92. The van der Waals surface area contributed by atoms with Crippen LogP contribution in [0.25, 0.3) is 10.9 Å². The Morgan fingerprint density at radius 3 is 2.70 bits per heavy atom. The molecule has 0 aliphatic heterocycles. The molecule has 23 heavy (non-hydrogen) atoms. The maximum Gasteiger partial charge on any atom is 0.296 e. The summed E-state index contributed by atoms with van der Waals surface area (Å²) in [6, 6.07) is 4.70. The van der Waals surface area contributed by atoms with Gasteiger partial charge in [-0.1, -0.05) is 11.6 Å². The van der Waals surface area contributed by atoms with Crippen molar-refractivity contribution in [3.63, 3.8) is 0 Å². The number of hydrogen-bond donors (Lipinski definition) is 4. The number of rotatable bonds is 4. The Bertz CT molecular complexity index is 772. The second-order valence-corrected chi connectivity index (χ2v) is 4.73. The molecule has 1 heterocycles. The molecule has 0 spiro atoms. The summed E-state index contributed by atoms with van der Waals surface area (Å²) < 4.78 is 5.28. The van der Waals surface area contributed by atoms with Gasteiger partial charge in [-0.15, -0.1) is 12.4 Å². The summed E-state index contributed by atoms with van der Waals surface area (Å²) in [5.74, 6) is -0.847. The Balaban J connectivity index is 0.00000264. The molecule has 10 heteroatoms. The van der Waals surface area contributed by atoms with E-state index in [2.05, 4.69) is 15.3 Å². The van der Waals surface area contributed by atoms with E-state index in [1.54, 1.807) is 19.2 Å². The highest BCUT2D eigenvalue weighted by Gasteiger charge is 2.15. The van der Waals surface area contributed by atoms with E-state index in [0.717, 1.165) is 0 Å². The van der Waals surface area contributed by atoms with E-state index in [0.29, 0.717) is 21.7 Å². The molecular weight excluding hydrogens is 345 g/mol. The van der Waals surface area contributed by atoms with E-state index in [1.807, 2.05) is 0 Å². The molecule has 0 unspecified atom stereocenters. The third-order valence-corrected chi connectivity index (χ3v) is 3.11. The Morgan fingerprint density at radius 1 is 1.39 bits per heavy atom. The van der Waals surface area contributed by atoms with Gasteiger partial charge in [-0.25, -0.2) is 0 Å². The highest BCUT2D eigenvalue weighted by Crippen LogP contribution is 2.32. The molecule has 2 rings (SSSR count). The van der Waals surface area contributed by atoms with Crippen molar-refractivity contribution < 1.29 is 14.3 Å². The van der Waals surface area contributed by atoms with Crippen LogP contribution >= 0.6 is 24.0 Å². The summed E-state index contributed by atoms with van der Waals surface area (Å²) in [6.07, 6.45) is 0. The van der Waals surface area contributed by atoms with Crippen LogP contribution in [0.3, 0.4) is 0 Å². The minimum Gasteiger partial charge on any atom is -0.482 e. The number of aromatic amines is 1. The Hall–Kier alpha value is -2.45. The topological polar surface area (TPSA) is 136 Å². The highest BCUT2D eigenvalue weighted by atomic mass is 35.5. The molecule has 8 nitrogen and oxygen atoms in total. The van der Waals surface area contributed by atoms with E-state index in [-0.39, 0.29) is 30.7 Å². The number of ether oxygens (including phenoxy) is 1. The largest absolute Gasteiger partial charge is 0.482 e. The van der Waals surface area contributed by atoms with Gasteiger partial charge in [0.25, 0.3) is 11.8 Å². The van der Waals surface area contributed by atoms with E-state index < -0.39 is 11.8 Å². The minimum absolute atomic E-state index is 0. The van der Waals surface area contributed by atoms with E-state index in [1.165, 1.54) is 6.07 Å². The molecule has 0 radical (unpaired) electrons. The SMILES string of the molecule is CNC(N)=NC(=O)c1cc2c(Cl)ccc(OCC(N)=O)c2[nH]1.Cl. The minimum atomic E-state index is -0.614. The van der Waals surface area contributed by atoms with Crippen molar-refractivity contribution in [2.45, 2.75) is 0 Å². The number of primary amides is 1. The van der Waals surface area contributed by atoms with Crippen LogP contribution in [0.1, 0.15) is 10.5 Å². The highest BCUT2D eigenvalue weighted by molar-refractivity contribution is 6.35. The summed E-state index contributed by atoms with van der Waals surface area (Å²) >= 11 is 6.09. The van der Waals surface area contributed by atoms with Crippen LogP contribution in [-0.2, 0) is 4.79 Å². The lowest BCUT2D eigenvalue weighted by atomic mass is 10.2. The molecular formula is C13H15Cl2N5O3. The summed E-state index contributed by atoms with van der Waals surface area (Å²) in [4.78, 5) is 29.3. The zero-order valence-corrected chi connectivity index (χ0v) is 13.6. The van der Waals surface area contributed by atoms with Crippen molar-refractivity contribution in [1.82, 2.24) is 10.3 Å². The number of H-pyrrole nitrogens is 1. The number of aliphatic imine (C=N–C) groups is 1. The maximum atomic E-state index is 12.0. The Morgan fingerprint density at radius 2 is 2.09 bits per heavy atom. The van der Waals surface area contributed by atoms with Crippen molar-refractivity contribution in [3.8, 4) is 5.75 Å². The van der Waals surface area contributed by atoms with Gasteiger partial charge in [-0.05, 0) is 18.2 Å². The molecule has 0 aliphatic carbocycles. The van der Waals surface area contributed by atoms with Crippen molar-refractivity contribution in [3.05, 3.63) is 28.9 Å². The molecule has 0 fully saturated rings. The molecule has 1 aromatic heterocycles. The zero-order valence-electron chi connectivity index (χ0n) is 12.1. The normalized spacial score (nSPS) is 11.0. The Labute approximate surface area is 142 Å². The summed E-state index contributed by atoms with van der Waals surface area (Å²) in [7, 11) is 1.55. The van der Waals surface area contributed by atoms with Gasteiger partial charge in [0.05, 0.1) is 10.5 Å². The number of halogens is 2. The first kappa shape index (κ1) is 18.6. The lowest BCUT2D eigenvalue weighted by Crippen LogP contribution is -2.28. The van der Waals surface area contributed by atoms with Crippen LogP contribution in [0.2, 0.25) is 5.02 Å². The number of nitrogens with zero attached hydrogens (tertiary/aromatic N) is 1. The van der Waals surface area contributed by atoms with Gasteiger partial charge >= 0.3 is 0 Å². The molecule has 6 N–H and O–H groups in total. The van der Waals surface area contributed by atoms with Gasteiger partial charge in [0.1, 0.15) is 11.4 Å².